The number of anilines is 1. The first kappa shape index (κ1) is 11.5. The molecule has 2 N–H and O–H groups in total. The molecule has 0 radical (unpaired) electrons. The van der Waals surface area contributed by atoms with Crippen LogP contribution in [0.1, 0.15) is 29.8 Å². The van der Waals surface area contributed by atoms with E-state index in [9.17, 15) is 9.18 Å². The molecule has 0 amide bonds. The van der Waals surface area contributed by atoms with Gasteiger partial charge in [-0.2, -0.15) is 0 Å². The number of hydrogen-bond donors (Lipinski definition) is 1. The van der Waals surface area contributed by atoms with Crippen LogP contribution in [0.5, 0.6) is 0 Å². The van der Waals surface area contributed by atoms with E-state index in [4.69, 9.17) is 10.5 Å². The van der Waals surface area contributed by atoms with Gasteiger partial charge in [-0.25, -0.2) is 9.18 Å². The highest BCUT2D eigenvalue weighted by Gasteiger charge is 2.16. The lowest BCUT2D eigenvalue weighted by molar-refractivity contribution is 0.0372. The van der Waals surface area contributed by atoms with Gasteiger partial charge in [0.15, 0.2) is 0 Å². The smallest absolute Gasteiger partial charge is 0.341 e. The Balaban J connectivity index is 3.08. The van der Waals surface area contributed by atoms with E-state index in [0.717, 1.165) is 0 Å². The maximum absolute atomic E-state index is 13.5. The van der Waals surface area contributed by atoms with E-state index in [0.29, 0.717) is 11.3 Å². The van der Waals surface area contributed by atoms with E-state index in [1.807, 2.05) is 0 Å². The topological polar surface area (TPSA) is 52.3 Å². The zero-order chi connectivity index (χ0) is 11.6. The van der Waals surface area contributed by atoms with Gasteiger partial charge in [-0.3, -0.25) is 0 Å². The predicted molar refractivity (Wildman–Crippen MR) is 56.1 cm³/mol. The molecule has 0 atom stereocenters. The predicted octanol–water partition coefficient (Wildman–Crippen LogP) is 2.28. The summed E-state index contributed by atoms with van der Waals surface area (Å²) in [5, 5.41) is 0. The van der Waals surface area contributed by atoms with Crippen LogP contribution in [0.3, 0.4) is 0 Å². The molecule has 0 bridgehead atoms. The van der Waals surface area contributed by atoms with Crippen LogP contribution < -0.4 is 5.73 Å². The van der Waals surface area contributed by atoms with Gasteiger partial charge in [0, 0.05) is 5.69 Å². The van der Waals surface area contributed by atoms with Crippen molar-refractivity contribution in [3.8, 4) is 0 Å². The number of ether oxygens (including phenoxy) is 1. The van der Waals surface area contributed by atoms with E-state index < -0.39 is 11.8 Å². The Kier molecular flexibility index (Phi) is 3.29. The Bertz CT molecular complexity index is 388. The number of aryl methyl sites for hydroxylation is 1. The molecule has 1 aromatic carbocycles. The third-order valence-electron chi connectivity index (χ3n) is 1.84. The van der Waals surface area contributed by atoms with Crippen LogP contribution in [0.15, 0.2) is 12.1 Å². The van der Waals surface area contributed by atoms with Crippen LogP contribution >= 0.6 is 0 Å². The van der Waals surface area contributed by atoms with Gasteiger partial charge in [0.1, 0.15) is 5.82 Å². The number of esters is 1. The Morgan fingerprint density at radius 1 is 1.47 bits per heavy atom. The molecule has 15 heavy (non-hydrogen) atoms. The fourth-order valence-electron chi connectivity index (χ4n) is 1.22. The minimum Gasteiger partial charge on any atom is -0.459 e. The molecular weight excluding hydrogens is 197 g/mol. The van der Waals surface area contributed by atoms with Gasteiger partial charge in [-0.15, -0.1) is 0 Å². The molecule has 4 heteroatoms. The number of halogens is 1. The maximum atomic E-state index is 13.5. The fourth-order valence-corrected chi connectivity index (χ4v) is 1.22. The van der Waals surface area contributed by atoms with Crippen molar-refractivity contribution in [1.29, 1.82) is 0 Å². The molecule has 0 aromatic heterocycles. The first-order valence-electron chi connectivity index (χ1n) is 4.68. The first-order chi connectivity index (χ1) is 6.91. The molecule has 1 aromatic rings. The molecular formula is C11H14FNO2. The lowest BCUT2D eigenvalue weighted by Crippen LogP contribution is -2.14. The van der Waals surface area contributed by atoms with Crippen molar-refractivity contribution in [2.45, 2.75) is 26.9 Å². The molecule has 0 aliphatic rings. The molecule has 82 valence electrons. The highest BCUT2D eigenvalue weighted by atomic mass is 19.1. The maximum Gasteiger partial charge on any atom is 0.341 e. The largest absolute Gasteiger partial charge is 0.459 e. The van der Waals surface area contributed by atoms with Crippen molar-refractivity contribution < 1.29 is 13.9 Å². The van der Waals surface area contributed by atoms with Crippen molar-refractivity contribution in [2.24, 2.45) is 0 Å². The Labute approximate surface area is 88.0 Å². The second kappa shape index (κ2) is 4.29. The van der Waals surface area contributed by atoms with Gasteiger partial charge in [-0.05, 0) is 38.5 Å². The van der Waals surface area contributed by atoms with Crippen molar-refractivity contribution in [3.05, 3.63) is 29.1 Å². The summed E-state index contributed by atoms with van der Waals surface area (Å²) in [5.41, 5.74) is 6.10. The molecule has 0 aliphatic carbocycles. The monoisotopic (exact) mass is 211 g/mol. The lowest BCUT2D eigenvalue weighted by Gasteiger charge is -2.10. The van der Waals surface area contributed by atoms with Crippen LogP contribution in [0.2, 0.25) is 0 Å². The Morgan fingerprint density at radius 3 is 2.60 bits per heavy atom. The minimum atomic E-state index is -0.682. The van der Waals surface area contributed by atoms with E-state index in [-0.39, 0.29) is 11.7 Å². The van der Waals surface area contributed by atoms with Gasteiger partial charge in [-0.1, -0.05) is 0 Å². The van der Waals surface area contributed by atoms with Crippen LogP contribution in [-0.2, 0) is 4.74 Å². The zero-order valence-electron chi connectivity index (χ0n) is 9.00. The average Bonchev–Trinajstić information content (AvgIpc) is 2.09. The summed E-state index contributed by atoms with van der Waals surface area (Å²) < 4.78 is 18.4. The summed E-state index contributed by atoms with van der Waals surface area (Å²) in [6, 6.07) is 2.76. The highest BCUT2D eigenvalue weighted by Crippen LogP contribution is 2.18. The number of hydrogen-bond acceptors (Lipinski definition) is 3. The molecule has 0 unspecified atom stereocenters. The zero-order valence-corrected chi connectivity index (χ0v) is 9.00. The minimum absolute atomic E-state index is 0.110. The van der Waals surface area contributed by atoms with Gasteiger partial charge in [0.25, 0.3) is 0 Å². The number of nitrogen functional groups attached to an aromatic ring is 1. The summed E-state index contributed by atoms with van der Waals surface area (Å²) >= 11 is 0. The van der Waals surface area contributed by atoms with Crippen LogP contribution in [0.4, 0.5) is 10.1 Å². The molecule has 0 spiro atoms. The average molecular weight is 211 g/mol. The van der Waals surface area contributed by atoms with E-state index in [1.165, 1.54) is 12.1 Å². The van der Waals surface area contributed by atoms with Crippen molar-refractivity contribution in [2.75, 3.05) is 5.73 Å². The number of nitrogens with two attached hydrogens (primary N) is 1. The number of benzene rings is 1. The molecule has 0 heterocycles. The summed E-state index contributed by atoms with van der Waals surface area (Å²) in [7, 11) is 0. The molecule has 0 aliphatic heterocycles. The van der Waals surface area contributed by atoms with Gasteiger partial charge < -0.3 is 10.5 Å². The van der Waals surface area contributed by atoms with E-state index in [2.05, 4.69) is 0 Å². The normalized spacial score (nSPS) is 10.5. The lowest BCUT2D eigenvalue weighted by atomic mass is 10.1. The van der Waals surface area contributed by atoms with Crippen molar-refractivity contribution in [3.63, 3.8) is 0 Å². The van der Waals surface area contributed by atoms with Gasteiger partial charge in [0.05, 0.1) is 11.7 Å². The third-order valence-corrected chi connectivity index (χ3v) is 1.84. The summed E-state index contributed by atoms with van der Waals surface area (Å²) in [6.45, 7) is 4.96. The first-order valence-corrected chi connectivity index (χ1v) is 4.68. The fraction of sp³-hybridized carbons (Fsp3) is 0.364. The molecule has 0 saturated carbocycles. The summed E-state index contributed by atoms with van der Waals surface area (Å²) in [6.07, 6.45) is -0.279. The second-order valence-corrected chi connectivity index (χ2v) is 3.65. The Hall–Kier alpha value is -1.58. The quantitative estimate of drug-likeness (QED) is 0.603. The van der Waals surface area contributed by atoms with E-state index in [1.54, 1.807) is 20.8 Å². The van der Waals surface area contributed by atoms with Gasteiger partial charge in [0.2, 0.25) is 0 Å². The van der Waals surface area contributed by atoms with Crippen molar-refractivity contribution >= 4 is 11.7 Å². The van der Waals surface area contributed by atoms with Crippen LogP contribution in [0, 0.1) is 12.7 Å². The third kappa shape index (κ3) is 2.68. The summed E-state index contributed by atoms with van der Waals surface area (Å²) in [5.74, 6) is -1.26. The number of rotatable bonds is 2. The molecule has 1 rings (SSSR count). The molecule has 3 nitrogen and oxygen atoms in total. The second-order valence-electron chi connectivity index (χ2n) is 3.65. The Morgan fingerprint density at radius 2 is 2.07 bits per heavy atom. The summed E-state index contributed by atoms with van der Waals surface area (Å²) in [4.78, 5) is 11.5. The molecule has 0 saturated heterocycles. The van der Waals surface area contributed by atoms with Gasteiger partial charge >= 0.3 is 5.97 Å². The molecule has 0 fully saturated rings. The standard InChI is InChI=1S/C11H14FNO2/c1-6(2)15-11(14)9-5-8(13)4-7(3)10(9)12/h4-6H,13H2,1-3H3. The highest BCUT2D eigenvalue weighted by molar-refractivity contribution is 5.91. The van der Waals surface area contributed by atoms with Crippen molar-refractivity contribution in [1.82, 2.24) is 0 Å². The number of carbonyl (C=O) groups excluding carboxylic acids is 1. The SMILES string of the molecule is Cc1cc(N)cc(C(=O)OC(C)C)c1F. The van der Waals surface area contributed by atoms with Crippen LogP contribution in [0.25, 0.3) is 0 Å². The van der Waals surface area contributed by atoms with Crippen LogP contribution in [-0.4, -0.2) is 12.1 Å². The number of carbonyl (C=O) groups is 1. The van der Waals surface area contributed by atoms with E-state index >= 15 is 0 Å².